The summed E-state index contributed by atoms with van der Waals surface area (Å²) in [5.74, 6) is 0.400. The van der Waals surface area contributed by atoms with Crippen molar-refractivity contribution in [2.45, 2.75) is 17.7 Å². The van der Waals surface area contributed by atoms with Crippen molar-refractivity contribution in [2.75, 3.05) is 12.8 Å². The molecule has 20 heavy (non-hydrogen) atoms. The molecular weight excluding hydrogens is 277 g/mol. The number of fused-ring (bicyclic) bond motifs is 1. The van der Waals surface area contributed by atoms with Gasteiger partial charge in [-0.1, -0.05) is 11.8 Å². The Labute approximate surface area is 120 Å². The second-order valence-corrected chi connectivity index (χ2v) is 5.32. The van der Waals surface area contributed by atoms with Gasteiger partial charge in [0.15, 0.2) is 5.16 Å². The number of nitrogens with zero attached hydrogens (tertiary/aromatic N) is 2. The van der Waals surface area contributed by atoms with Crippen LogP contribution in [0, 0.1) is 5.82 Å². The molecule has 0 aliphatic carbocycles. The number of thioether (sulfide) groups is 1. The first-order valence-electron chi connectivity index (χ1n) is 6.28. The van der Waals surface area contributed by atoms with Gasteiger partial charge in [-0.25, -0.2) is 14.4 Å². The van der Waals surface area contributed by atoms with Crippen molar-refractivity contribution in [3.05, 3.63) is 35.8 Å². The van der Waals surface area contributed by atoms with Gasteiger partial charge < -0.3 is 10.5 Å². The van der Waals surface area contributed by atoms with Crippen LogP contribution in [-0.4, -0.2) is 28.9 Å². The minimum Gasteiger partial charge on any atom is -0.488 e. The van der Waals surface area contributed by atoms with E-state index in [2.05, 4.69) is 9.97 Å². The Morgan fingerprint density at radius 1 is 1.50 bits per heavy atom. The summed E-state index contributed by atoms with van der Waals surface area (Å²) in [6.45, 7) is 0.412. The lowest BCUT2D eigenvalue weighted by Gasteiger charge is -2.11. The number of benzene rings is 1. The molecule has 104 valence electrons. The molecule has 1 aliphatic rings. The standard InChI is InChI=1S/C14H14FN3OS/c1-20-14-17-3-2-12(18-14)11-6-9(15)4-8-5-10(7-16)19-13(8)11/h2-4,6,10H,5,7,16H2,1H3. The van der Waals surface area contributed by atoms with E-state index in [1.54, 1.807) is 12.3 Å². The van der Waals surface area contributed by atoms with Gasteiger partial charge in [0.1, 0.15) is 17.7 Å². The van der Waals surface area contributed by atoms with Crippen LogP contribution in [0.25, 0.3) is 11.3 Å². The number of rotatable bonds is 3. The highest BCUT2D eigenvalue weighted by Crippen LogP contribution is 2.38. The average Bonchev–Trinajstić information content (AvgIpc) is 2.89. The molecule has 2 heterocycles. The number of nitrogens with two attached hydrogens (primary N) is 1. The topological polar surface area (TPSA) is 61.0 Å². The Balaban J connectivity index is 2.10. The van der Waals surface area contributed by atoms with Gasteiger partial charge in [0.25, 0.3) is 0 Å². The van der Waals surface area contributed by atoms with Crippen LogP contribution in [0.1, 0.15) is 5.56 Å². The summed E-state index contributed by atoms with van der Waals surface area (Å²) in [4.78, 5) is 8.53. The average molecular weight is 291 g/mol. The Bertz CT molecular complexity index is 650. The van der Waals surface area contributed by atoms with Crippen LogP contribution >= 0.6 is 11.8 Å². The van der Waals surface area contributed by atoms with Crippen molar-refractivity contribution in [3.8, 4) is 17.0 Å². The number of halogens is 1. The van der Waals surface area contributed by atoms with Gasteiger partial charge >= 0.3 is 0 Å². The molecule has 0 spiro atoms. The Kier molecular flexibility index (Phi) is 3.58. The van der Waals surface area contributed by atoms with Crippen LogP contribution < -0.4 is 10.5 Å². The first-order valence-corrected chi connectivity index (χ1v) is 7.50. The van der Waals surface area contributed by atoms with E-state index < -0.39 is 0 Å². The highest BCUT2D eigenvalue weighted by atomic mass is 32.2. The molecule has 2 aromatic rings. The molecular formula is C14H14FN3OS. The van der Waals surface area contributed by atoms with Gasteiger partial charge in [0, 0.05) is 30.3 Å². The monoisotopic (exact) mass is 291 g/mol. The van der Waals surface area contributed by atoms with Gasteiger partial charge in [-0.15, -0.1) is 0 Å². The molecule has 0 saturated heterocycles. The maximum atomic E-state index is 13.8. The van der Waals surface area contributed by atoms with Crippen molar-refractivity contribution < 1.29 is 9.13 Å². The largest absolute Gasteiger partial charge is 0.488 e. The molecule has 0 fully saturated rings. The van der Waals surface area contributed by atoms with Gasteiger partial charge in [-0.05, 0) is 24.5 Å². The number of ether oxygens (including phenoxy) is 1. The van der Waals surface area contributed by atoms with Gasteiger partial charge in [0.2, 0.25) is 0 Å². The Morgan fingerprint density at radius 3 is 3.10 bits per heavy atom. The molecule has 0 radical (unpaired) electrons. The SMILES string of the molecule is CSc1nccc(-c2cc(F)cc3c2OC(CN)C3)n1. The first-order chi connectivity index (χ1) is 9.71. The van der Waals surface area contributed by atoms with Crippen LogP contribution in [-0.2, 0) is 6.42 Å². The van der Waals surface area contributed by atoms with Crippen molar-refractivity contribution >= 4 is 11.8 Å². The molecule has 2 N–H and O–H groups in total. The summed E-state index contributed by atoms with van der Waals surface area (Å²) < 4.78 is 19.6. The molecule has 1 aromatic heterocycles. The summed E-state index contributed by atoms with van der Waals surface area (Å²) >= 11 is 1.44. The molecule has 1 atom stereocenters. The maximum absolute atomic E-state index is 13.8. The zero-order valence-electron chi connectivity index (χ0n) is 11.0. The molecule has 0 saturated carbocycles. The lowest BCUT2D eigenvalue weighted by molar-refractivity contribution is 0.242. The predicted octanol–water partition coefficient (Wildman–Crippen LogP) is 2.27. The Hall–Kier alpha value is -1.66. The van der Waals surface area contributed by atoms with Crippen LogP contribution in [0.5, 0.6) is 5.75 Å². The summed E-state index contributed by atoms with van der Waals surface area (Å²) in [7, 11) is 0. The molecule has 6 heteroatoms. The van der Waals surface area contributed by atoms with Crippen LogP contribution in [0.4, 0.5) is 4.39 Å². The van der Waals surface area contributed by atoms with Crippen molar-refractivity contribution in [1.29, 1.82) is 0 Å². The maximum Gasteiger partial charge on any atom is 0.187 e. The third-order valence-electron chi connectivity index (χ3n) is 3.22. The highest BCUT2D eigenvalue weighted by molar-refractivity contribution is 7.98. The lowest BCUT2D eigenvalue weighted by atomic mass is 10.0. The van der Waals surface area contributed by atoms with Gasteiger partial charge in [0.05, 0.1) is 5.69 Å². The zero-order valence-corrected chi connectivity index (χ0v) is 11.8. The quantitative estimate of drug-likeness (QED) is 0.694. The Morgan fingerprint density at radius 2 is 2.35 bits per heavy atom. The summed E-state index contributed by atoms with van der Waals surface area (Å²) in [6.07, 6.45) is 4.11. The lowest BCUT2D eigenvalue weighted by Crippen LogP contribution is -2.24. The van der Waals surface area contributed by atoms with Crippen LogP contribution in [0.15, 0.2) is 29.6 Å². The number of hydrogen-bond acceptors (Lipinski definition) is 5. The molecule has 1 unspecified atom stereocenters. The van der Waals surface area contributed by atoms with Crippen molar-refractivity contribution in [2.24, 2.45) is 5.73 Å². The molecule has 3 rings (SSSR count). The highest BCUT2D eigenvalue weighted by Gasteiger charge is 2.26. The van der Waals surface area contributed by atoms with Gasteiger partial charge in [-0.2, -0.15) is 0 Å². The van der Waals surface area contributed by atoms with Gasteiger partial charge in [-0.3, -0.25) is 0 Å². The molecule has 4 nitrogen and oxygen atoms in total. The molecule has 0 amide bonds. The third-order valence-corrected chi connectivity index (χ3v) is 3.78. The smallest absolute Gasteiger partial charge is 0.187 e. The number of hydrogen-bond donors (Lipinski definition) is 1. The minimum absolute atomic E-state index is 0.0904. The van der Waals surface area contributed by atoms with E-state index in [0.717, 1.165) is 5.56 Å². The van der Waals surface area contributed by atoms with E-state index in [4.69, 9.17) is 10.5 Å². The van der Waals surface area contributed by atoms with Crippen molar-refractivity contribution in [3.63, 3.8) is 0 Å². The normalized spacial score (nSPS) is 16.9. The molecule has 1 aliphatic heterocycles. The number of aromatic nitrogens is 2. The second kappa shape index (κ2) is 5.38. The van der Waals surface area contributed by atoms with Crippen LogP contribution in [0.3, 0.4) is 0 Å². The predicted molar refractivity (Wildman–Crippen MR) is 76.4 cm³/mol. The second-order valence-electron chi connectivity index (χ2n) is 4.55. The fraction of sp³-hybridized carbons (Fsp3) is 0.286. The minimum atomic E-state index is -0.288. The zero-order chi connectivity index (χ0) is 14.1. The first kappa shape index (κ1) is 13.3. The molecule has 0 bridgehead atoms. The van der Waals surface area contributed by atoms with Crippen LogP contribution in [0.2, 0.25) is 0 Å². The third kappa shape index (κ3) is 2.36. The van der Waals surface area contributed by atoms with E-state index >= 15 is 0 Å². The summed E-state index contributed by atoms with van der Waals surface area (Å²) in [5.41, 5.74) is 7.81. The van der Waals surface area contributed by atoms with E-state index in [1.807, 2.05) is 6.26 Å². The fourth-order valence-corrected chi connectivity index (χ4v) is 2.66. The molecule has 1 aromatic carbocycles. The van der Waals surface area contributed by atoms with Crippen molar-refractivity contribution in [1.82, 2.24) is 9.97 Å². The van der Waals surface area contributed by atoms with E-state index in [1.165, 1.54) is 23.9 Å². The summed E-state index contributed by atoms with van der Waals surface area (Å²) in [6, 6.07) is 4.71. The van der Waals surface area contributed by atoms with E-state index in [0.29, 0.717) is 35.1 Å². The fourth-order valence-electron chi connectivity index (χ4n) is 2.31. The van der Waals surface area contributed by atoms with E-state index in [9.17, 15) is 4.39 Å². The van der Waals surface area contributed by atoms with E-state index in [-0.39, 0.29) is 11.9 Å². The summed E-state index contributed by atoms with van der Waals surface area (Å²) in [5, 5.41) is 0.647.